The number of ether oxygens (including phenoxy) is 2. The predicted octanol–water partition coefficient (Wildman–Crippen LogP) is -0.909. The second kappa shape index (κ2) is 7.09. The molecule has 0 saturated carbocycles. The molecule has 26 heavy (non-hydrogen) atoms. The maximum absolute atomic E-state index is 12.4. The molecule has 2 aromatic heterocycles. The van der Waals surface area contributed by atoms with Crippen LogP contribution in [0.2, 0.25) is 5.22 Å². The number of esters is 1. The van der Waals surface area contributed by atoms with Gasteiger partial charge in [-0.1, -0.05) is 4.73 Å². The molecule has 13 nitrogen and oxygen atoms in total. The molecule has 0 radical (unpaired) electrons. The normalized spacial score (nSPS) is 11.1. The van der Waals surface area contributed by atoms with Crippen LogP contribution in [-0.4, -0.2) is 56.3 Å². The standard InChI is InChI=1S/C11H11ClN4O9S/c1-22-8(17)5-4-25-7(12)6(5)26(20,21)14-9(18)15-11(19)16(24-3)10(13-15)23-2/h4H,1-3H3,(H,14,18). The van der Waals surface area contributed by atoms with E-state index in [9.17, 15) is 22.8 Å². The SMILES string of the molecule is COC(=O)c1coc(Cl)c1S(=O)(=O)NC(=O)n1nc(OC)n(OC)c1=O. The maximum atomic E-state index is 12.4. The summed E-state index contributed by atoms with van der Waals surface area (Å²) in [6.07, 6.45) is 0.738. The zero-order valence-electron chi connectivity index (χ0n) is 13.4. The summed E-state index contributed by atoms with van der Waals surface area (Å²) in [5, 5.41) is 2.76. The van der Waals surface area contributed by atoms with E-state index in [1.165, 1.54) is 4.72 Å². The van der Waals surface area contributed by atoms with Gasteiger partial charge in [-0.05, 0) is 11.6 Å². The fraction of sp³-hybridized carbons (Fsp3) is 0.273. The van der Waals surface area contributed by atoms with Crippen molar-refractivity contribution in [2.75, 3.05) is 21.3 Å². The summed E-state index contributed by atoms with van der Waals surface area (Å²) in [6.45, 7) is 0. The first-order valence-electron chi connectivity index (χ1n) is 6.41. The lowest BCUT2D eigenvalue weighted by Crippen LogP contribution is -2.41. The van der Waals surface area contributed by atoms with Crippen molar-refractivity contribution in [1.82, 2.24) is 19.2 Å². The molecule has 0 fully saturated rings. The number of hydrogen-bond donors (Lipinski definition) is 1. The van der Waals surface area contributed by atoms with Crippen molar-refractivity contribution in [1.29, 1.82) is 0 Å². The Hall–Kier alpha value is -3.00. The van der Waals surface area contributed by atoms with Gasteiger partial charge in [-0.3, -0.25) is 0 Å². The van der Waals surface area contributed by atoms with Crippen molar-refractivity contribution < 1.29 is 36.7 Å². The number of nitrogens with zero attached hydrogens (tertiary/aromatic N) is 3. The Morgan fingerprint density at radius 3 is 2.46 bits per heavy atom. The Morgan fingerprint density at radius 1 is 1.31 bits per heavy atom. The van der Waals surface area contributed by atoms with Crippen molar-refractivity contribution in [3.8, 4) is 6.01 Å². The highest BCUT2D eigenvalue weighted by atomic mass is 35.5. The van der Waals surface area contributed by atoms with Crippen LogP contribution in [0.5, 0.6) is 6.01 Å². The largest absolute Gasteiger partial charge is 0.465 e. The number of nitrogens with one attached hydrogen (secondary N) is 1. The number of aromatic nitrogens is 3. The number of carbonyl (C=O) groups excluding carboxylic acids is 2. The third-order valence-corrected chi connectivity index (χ3v) is 4.65. The maximum Gasteiger partial charge on any atom is 0.391 e. The van der Waals surface area contributed by atoms with Crippen LogP contribution in [0.4, 0.5) is 4.79 Å². The molecule has 0 atom stereocenters. The Morgan fingerprint density at radius 2 is 1.96 bits per heavy atom. The van der Waals surface area contributed by atoms with E-state index in [0.717, 1.165) is 27.6 Å². The monoisotopic (exact) mass is 410 g/mol. The fourth-order valence-electron chi connectivity index (χ4n) is 1.78. The number of furan rings is 1. The summed E-state index contributed by atoms with van der Waals surface area (Å²) >= 11 is 5.63. The molecule has 0 bridgehead atoms. The van der Waals surface area contributed by atoms with Crippen LogP contribution in [0.25, 0.3) is 0 Å². The van der Waals surface area contributed by atoms with Crippen molar-refractivity contribution in [3.63, 3.8) is 0 Å². The summed E-state index contributed by atoms with van der Waals surface area (Å²) in [7, 11) is -1.49. The number of methoxy groups -OCH3 is 2. The van der Waals surface area contributed by atoms with Crippen molar-refractivity contribution in [2.24, 2.45) is 0 Å². The van der Waals surface area contributed by atoms with Gasteiger partial charge in [0.2, 0.25) is 5.22 Å². The van der Waals surface area contributed by atoms with Crippen molar-refractivity contribution >= 4 is 33.6 Å². The summed E-state index contributed by atoms with van der Waals surface area (Å²) in [4.78, 5) is 39.5. The number of sulfonamides is 1. The van der Waals surface area contributed by atoms with Crippen LogP contribution in [-0.2, 0) is 14.8 Å². The van der Waals surface area contributed by atoms with E-state index >= 15 is 0 Å². The molecular weight excluding hydrogens is 400 g/mol. The summed E-state index contributed by atoms with van der Waals surface area (Å²) < 4.78 is 40.7. The highest BCUT2D eigenvalue weighted by Crippen LogP contribution is 2.27. The zero-order chi connectivity index (χ0) is 19.6. The third-order valence-electron chi connectivity index (χ3n) is 2.87. The van der Waals surface area contributed by atoms with Gasteiger partial charge in [-0.25, -0.2) is 27.5 Å². The average Bonchev–Trinajstić information content (AvgIpc) is 3.13. The van der Waals surface area contributed by atoms with Gasteiger partial charge in [0, 0.05) is 0 Å². The molecule has 0 aliphatic rings. The molecule has 2 heterocycles. The lowest BCUT2D eigenvalue weighted by atomic mass is 10.3. The van der Waals surface area contributed by atoms with Crippen LogP contribution in [0, 0.1) is 0 Å². The highest BCUT2D eigenvalue weighted by Gasteiger charge is 2.33. The fourth-order valence-corrected chi connectivity index (χ4v) is 3.33. The van der Waals surface area contributed by atoms with E-state index < -0.39 is 49.4 Å². The van der Waals surface area contributed by atoms with E-state index in [4.69, 9.17) is 16.3 Å². The molecule has 0 spiro atoms. The van der Waals surface area contributed by atoms with E-state index in [-0.39, 0.29) is 4.68 Å². The minimum absolute atomic E-state index is 0.131. The van der Waals surface area contributed by atoms with Gasteiger partial charge in [-0.2, -0.15) is 0 Å². The van der Waals surface area contributed by atoms with Gasteiger partial charge in [0.05, 0.1) is 14.2 Å². The van der Waals surface area contributed by atoms with Crippen molar-refractivity contribution in [2.45, 2.75) is 4.90 Å². The number of carbonyl (C=O) groups is 2. The number of halogens is 1. The van der Waals surface area contributed by atoms with Gasteiger partial charge >= 0.3 is 23.7 Å². The zero-order valence-corrected chi connectivity index (χ0v) is 15.0. The van der Waals surface area contributed by atoms with Gasteiger partial charge in [-0.15, -0.1) is 9.78 Å². The van der Waals surface area contributed by atoms with Gasteiger partial charge in [0.15, 0.2) is 4.90 Å². The first-order valence-corrected chi connectivity index (χ1v) is 8.27. The molecule has 2 aromatic rings. The number of rotatable bonds is 5. The first-order chi connectivity index (χ1) is 12.2. The Balaban J connectivity index is 2.44. The van der Waals surface area contributed by atoms with E-state index in [1.807, 2.05) is 0 Å². The minimum Gasteiger partial charge on any atom is -0.465 e. The quantitative estimate of drug-likeness (QED) is 0.611. The highest BCUT2D eigenvalue weighted by molar-refractivity contribution is 7.90. The summed E-state index contributed by atoms with van der Waals surface area (Å²) in [5.41, 5.74) is -1.70. The topological polar surface area (TPSA) is 161 Å². The molecule has 0 unspecified atom stereocenters. The Labute approximate surface area is 150 Å². The number of hydrogen-bond acceptors (Lipinski definition) is 10. The van der Waals surface area contributed by atoms with Gasteiger partial charge in [0.25, 0.3) is 10.0 Å². The second-order valence-corrected chi connectivity index (χ2v) is 6.27. The molecular formula is C11H11ClN4O9S. The molecule has 142 valence electrons. The van der Waals surface area contributed by atoms with Crippen LogP contribution < -0.4 is 20.0 Å². The van der Waals surface area contributed by atoms with Crippen LogP contribution in [0.15, 0.2) is 20.4 Å². The molecule has 0 aliphatic carbocycles. The lowest BCUT2D eigenvalue weighted by Gasteiger charge is -2.06. The lowest BCUT2D eigenvalue weighted by molar-refractivity contribution is 0.0596. The molecule has 0 saturated heterocycles. The molecule has 1 N–H and O–H groups in total. The van der Waals surface area contributed by atoms with Gasteiger partial charge in [0.1, 0.15) is 18.9 Å². The van der Waals surface area contributed by atoms with Crippen LogP contribution in [0.3, 0.4) is 0 Å². The average molecular weight is 411 g/mol. The van der Waals surface area contributed by atoms with Crippen LogP contribution in [0.1, 0.15) is 10.4 Å². The third kappa shape index (κ3) is 3.23. The first kappa shape index (κ1) is 19.3. The Bertz CT molecular complexity index is 1020. The van der Waals surface area contributed by atoms with Crippen LogP contribution >= 0.6 is 11.6 Å². The van der Waals surface area contributed by atoms with Gasteiger partial charge < -0.3 is 18.7 Å². The summed E-state index contributed by atoms with van der Waals surface area (Å²) in [5.74, 6) is -1.07. The molecule has 2 rings (SSSR count). The van der Waals surface area contributed by atoms with E-state index in [1.54, 1.807) is 0 Å². The smallest absolute Gasteiger partial charge is 0.391 e. The second-order valence-electron chi connectivity index (χ2n) is 4.31. The summed E-state index contributed by atoms with van der Waals surface area (Å²) in [6, 6.07) is -1.90. The predicted molar refractivity (Wildman–Crippen MR) is 81.7 cm³/mol. The number of amides is 1. The van der Waals surface area contributed by atoms with Crippen molar-refractivity contribution in [3.05, 3.63) is 27.5 Å². The molecule has 1 amide bonds. The molecule has 15 heteroatoms. The van der Waals surface area contributed by atoms with E-state index in [2.05, 4.69) is 19.1 Å². The molecule has 0 aliphatic heterocycles. The Kier molecular flexibility index (Phi) is 5.27. The minimum atomic E-state index is -4.73. The van der Waals surface area contributed by atoms with E-state index in [0.29, 0.717) is 4.73 Å². The molecule has 0 aromatic carbocycles.